The van der Waals surface area contributed by atoms with Crippen LogP contribution in [-0.2, 0) is 0 Å². The predicted octanol–water partition coefficient (Wildman–Crippen LogP) is 14.9. The molecule has 0 amide bonds. The highest BCUT2D eigenvalue weighted by Gasteiger charge is 2.37. The summed E-state index contributed by atoms with van der Waals surface area (Å²) < 4.78 is 195. The number of benzene rings is 9. The van der Waals surface area contributed by atoms with Gasteiger partial charge in [-0.25, -0.2) is 0 Å². The molecule has 0 spiro atoms. The molecular weight excluding hydrogens is 677 g/mol. The molecule has 0 saturated heterocycles. The van der Waals surface area contributed by atoms with Crippen molar-refractivity contribution in [1.82, 2.24) is 4.48 Å². The van der Waals surface area contributed by atoms with Crippen molar-refractivity contribution in [2.75, 3.05) is 18.9 Å². The Kier molecular flexibility index (Phi) is 4.31. The van der Waals surface area contributed by atoms with Crippen molar-refractivity contribution in [3.05, 3.63) is 212 Å². The van der Waals surface area contributed by atoms with Crippen molar-refractivity contribution < 1.29 is 30.2 Å². The minimum Gasteiger partial charge on any atom is -0.310 e. The van der Waals surface area contributed by atoms with Crippen molar-refractivity contribution in [1.29, 1.82) is 0 Å². The van der Waals surface area contributed by atoms with Crippen LogP contribution >= 0.6 is 0 Å². The van der Waals surface area contributed by atoms with E-state index in [0.717, 1.165) is 43.5 Å². The zero-order valence-electron chi connectivity index (χ0n) is 51.4. The lowest BCUT2D eigenvalue weighted by Crippen LogP contribution is -2.32. The zero-order valence-corrected chi connectivity index (χ0v) is 29.4. The molecule has 0 bridgehead atoms. The third-order valence-electron chi connectivity index (χ3n) is 9.82. The van der Waals surface area contributed by atoms with Gasteiger partial charge in [0.25, 0.3) is 0 Å². The third kappa shape index (κ3) is 5.80. The number of hydrogen-bond donors (Lipinski definition) is 0. The van der Waals surface area contributed by atoms with E-state index in [1.165, 1.54) is 12.1 Å². The molecule has 0 aromatic heterocycles. The first-order valence-electron chi connectivity index (χ1n) is 28.6. The third-order valence-corrected chi connectivity index (χ3v) is 9.82. The molecular formula is C54H41N2+. The van der Waals surface area contributed by atoms with Crippen LogP contribution in [0.5, 0.6) is 0 Å². The van der Waals surface area contributed by atoms with Gasteiger partial charge in [-0.05, 0) is 97.6 Å². The highest BCUT2D eigenvalue weighted by Crippen LogP contribution is 2.53. The standard InChI is InChI=1S/C54H41N2/c1-56(2)52-20-12-11-19-50(52)51-36-34-47(37-53(51)56)55(45-30-25-41(26-31-45)39-15-7-4-8-16-39)46-32-27-43(28-33-46)49-35-29-42-17-9-10-18-48(42)54(49)44-23-21-40(22-24-44)38-13-5-3-6-14-38/h3-37H,1-2H3/q+1/i1D3,2D3,4D,7D,8D,11D,12D,15D,16D,19D,20D,25D,26D,30D,31D,34D,36D,37D. The molecule has 0 aliphatic carbocycles. The normalized spacial score (nSPS) is 18.6. The van der Waals surface area contributed by atoms with Crippen LogP contribution in [0.2, 0.25) is 0 Å². The van der Waals surface area contributed by atoms with E-state index in [1.807, 2.05) is 91.0 Å². The first kappa shape index (κ1) is 17.6. The summed E-state index contributed by atoms with van der Waals surface area (Å²) in [5, 5.41) is 1.82. The van der Waals surface area contributed by atoms with E-state index >= 15 is 0 Å². The van der Waals surface area contributed by atoms with Crippen LogP contribution in [0.4, 0.5) is 28.4 Å². The van der Waals surface area contributed by atoms with Crippen LogP contribution in [0.15, 0.2) is 212 Å². The molecule has 2 heteroatoms. The maximum atomic E-state index is 10.0. The molecule has 0 saturated carbocycles. The van der Waals surface area contributed by atoms with E-state index < -0.39 is 160 Å². The van der Waals surface area contributed by atoms with Crippen molar-refractivity contribution in [3.8, 4) is 55.6 Å². The zero-order chi connectivity index (χ0) is 56.6. The van der Waals surface area contributed by atoms with Gasteiger partial charge in [0.1, 0.15) is 11.4 Å². The number of rotatable bonds is 7. The molecule has 0 radical (unpaired) electrons. The molecule has 1 aliphatic heterocycles. The van der Waals surface area contributed by atoms with Gasteiger partial charge in [0.2, 0.25) is 0 Å². The molecule has 10 rings (SSSR count). The van der Waals surface area contributed by atoms with Gasteiger partial charge in [-0.1, -0.05) is 158 Å². The van der Waals surface area contributed by atoms with Gasteiger partial charge in [0, 0.05) is 34.6 Å². The lowest BCUT2D eigenvalue weighted by molar-refractivity contribution is 0.568. The number of para-hydroxylation sites is 1. The van der Waals surface area contributed by atoms with Crippen molar-refractivity contribution in [3.63, 3.8) is 0 Å². The van der Waals surface area contributed by atoms with E-state index in [2.05, 4.69) is 0 Å². The predicted molar refractivity (Wildman–Crippen MR) is 239 cm³/mol. The van der Waals surface area contributed by atoms with Gasteiger partial charge in [-0.15, -0.1) is 0 Å². The highest BCUT2D eigenvalue weighted by atomic mass is 15.3. The summed E-state index contributed by atoms with van der Waals surface area (Å²) in [5.41, 5.74) is -1.78. The summed E-state index contributed by atoms with van der Waals surface area (Å²) in [5.74, 6) is 0. The smallest absolute Gasteiger partial charge is 0.147 e. The van der Waals surface area contributed by atoms with Crippen molar-refractivity contribution in [2.45, 2.75) is 0 Å². The van der Waals surface area contributed by atoms with E-state index in [1.54, 1.807) is 12.1 Å². The Morgan fingerprint density at radius 3 is 1.82 bits per heavy atom. The maximum Gasteiger partial charge on any atom is 0.147 e. The average Bonchev–Trinajstić information content (AvgIpc) is 3.48. The fraction of sp³-hybridized carbons (Fsp3) is 0.0370. The van der Waals surface area contributed by atoms with Crippen molar-refractivity contribution >= 4 is 39.2 Å². The lowest BCUT2D eigenvalue weighted by atomic mass is 9.89. The summed E-state index contributed by atoms with van der Waals surface area (Å²) in [6.45, 7) is -7.68. The summed E-state index contributed by atoms with van der Waals surface area (Å²) in [7, 11) is 0. The molecule has 2 nitrogen and oxygen atoms in total. The minimum absolute atomic E-state index is 0.147. The Morgan fingerprint density at radius 1 is 0.411 bits per heavy atom. The van der Waals surface area contributed by atoms with Crippen LogP contribution in [-0.4, -0.2) is 14.0 Å². The molecule has 1 aliphatic rings. The number of fused-ring (bicyclic) bond motifs is 4. The summed E-state index contributed by atoms with van der Waals surface area (Å²) in [4.78, 5) is 0.856. The monoisotopic (exact) mass is 739 g/mol. The minimum atomic E-state index is -3.84. The number of quaternary nitrogens is 1. The largest absolute Gasteiger partial charge is 0.310 e. The van der Waals surface area contributed by atoms with Gasteiger partial charge >= 0.3 is 0 Å². The lowest BCUT2D eigenvalue weighted by Gasteiger charge is -2.29. The maximum absolute atomic E-state index is 10.0. The molecule has 56 heavy (non-hydrogen) atoms. The van der Waals surface area contributed by atoms with E-state index in [0.29, 0.717) is 5.56 Å². The number of anilines is 3. The van der Waals surface area contributed by atoms with Gasteiger partial charge in [-0.2, -0.15) is 0 Å². The summed E-state index contributed by atoms with van der Waals surface area (Å²) in [6, 6.07) is 20.4. The molecule has 0 atom stereocenters. The van der Waals surface area contributed by atoms with Crippen LogP contribution in [0, 0.1) is 0 Å². The molecule has 9 aromatic carbocycles. The Morgan fingerprint density at radius 2 is 1.04 bits per heavy atom. The number of nitrogens with zero attached hydrogens (tertiary/aromatic N) is 2. The second-order valence-electron chi connectivity index (χ2n) is 13.1. The topological polar surface area (TPSA) is 3.24 Å². The van der Waals surface area contributed by atoms with E-state index in [4.69, 9.17) is 20.6 Å². The fourth-order valence-corrected chi connectivity index (χ4v) is 7.14. The second kappa shape index (κ2) is 13.7. The first-order valence-corrected chi connectivity index (χ1v) is 17.6. The number of hydrogen-bond acceptors (Lipinski definition) is 1. The molecule has 0 fully saturated rings. The van der Waals surface area contributed by atoms with Gasteiger partial charge in [0.05, 0.1) is 49.8 Å². The molecule has 0 N–H and O–H groups in total. The van der Waals surface area contributed by atoms with Gasteiger partial charge in [0.15, 0.2) is 0 Å². The molecule has 266 valence electrons. The van der Waals surface area contributed by atoms with Crippen molar-refractivity contribution in [2.24, 2.45) is 0 Å². The summed E-state index contributed by atoms with van der Waals surface area (Å²) >= 11 is 0. The summed E-state index contributed by atoms with van der Waals surface area (Å²) in [6.07, 6.45) is 0. The Labute approximate surface area is 360 Å². The quantitative estimate of drug-likeness (QED) is 0.147. The van der Waals surface area contributed by atoms with Gasteiger partial charge in [-0.3, -0.25) is 4.48 Å². The van der Waals surface area contributed by atoms with E-state index in [9.17, 15) is 9.60 Å². The highest BCUT2D eigenvalue weighted by molar-refractivity contribution is 6.04. The van der Waals surface area contributed by atoms with Crippen LogP contribution in [0.1, 0.15) is 30.2 Å². The van der Waals surface area contributed by atoms with Crippen LogP contribution < -0.4 is 9.38 Å². The van der Waals surface area contributed by atoms with Crippen LogP contribution in [0.3, 0.4) is 0 Å². The fourth-order valence-electron chi connectivity index (χ4n) is 7.14. The second-order valence-corrected chi connectivity index (χ2v) is 13.1. The van der Waals surface area contributed by atoms with E-state index in [-0.39, 0.29) is 5.69 Å². The average molecular weight is 740 g/mol. The van der Waals surface area contributed by atoms with Crippen LogP contribution in [0.25, 0.3) is 66.4 Å². The van der Waals surface area contributed by atoms with Gasteiger partial charge < -0.3 is 4.90 Å². The Balaban J connectivity index is 1.28. The molecule has 1 heterocycles. The first-order chi connectivity index (χ1) is 36.7. The molecule has 9 aromatic rings. The Bertz CT molecular complexity index is 3930. The SMILES string of the molecule is [2H]c1c([2H])c([2H])c(-c2c([2H])c([2H])c(N(c3ccc(-c4ccc5ccccc5c4-c4ccc(-c5ccccc5)cc4)cc3)c3c([2H])c([2H])c4c(c3[2H])[N+](C([2H])([2H])[2H])(C([2H])([2H])[2H])c3c([2H])c([2H])c([2H])c([2H])c3-4)c([2H])c2[2H])c([2H])c1[2H]. The molecule has 0 unspecified atom stereocenters. The Hall–Kier alpha value is -7.00.